The molecule has 44 heavy (non-hydrogen) atoms. The maximum absolute atomic E-state index is 15.2. The Bertz CT molecular complexity index is 1550. The predicted molar refractivity (Wildman–Crippen MR) is 170 cm³/mol. The summed E-state index contributed by atoms with van der Waals surface area (Å²) in [6.45, 7) is 2.40. The molecule has 230 valence electrons. The van der Waals surface area contributed by atoms with Crippen molar-refractivity contribution in [3.8, 4) is 11.8 Å². The van der Waals surface area contributed by atoms with Crippen molar-refractivity contribution in [2.75, 3.05) is 18.5 Å². The topological polar surface area (TPSA) is 113 Å². The zero-order valence-electron chi connectivity index (χ0n) is 25.1. The fourth-order valence-electron chi connectivity index (χ4n) is 6.55. The van der Waals surface area contributed by atoms with E-state index in [0.29, 0.717) is 54.6 Å². The third kappa shape index (κ3) is 6.97. The second-order valence-corrected chi connectivity index (χ2v) is 11.7. The molecule has 2 aliphatic heterocycles. The summed E-state index contributed by atoms with van der Waals surface area (Å²) in [7, 11) is 0. The molecule has 0 aromatic heterocycles. The van der Waals surface area contributed by atoms with Crippen molar-refractivity contribution in [3.05, 3.63) is 77.1 Å². The molecule has 2 heterocycles. The third-order valence-electron chi connectivity index (χ3n) is 8.94. The molecule has 7 nitrogen and oxygen atoms in total. The molecule has 3 aliphatic rings. The smallest absolute Gasteiger partial charge is 0.201 e. The van der Waals surface area contributed by atoms with Crippen molar-refractivity contribution in [2.24, 2.45) is 33.5 Å². The number of carbonyl (C=O) groups is 1. The van der Waals surface area contributed by atoms with Gasteiger partial charge >= 0.3 is 0 Å². The van der Waals surface area contributed by atoms with Gasteiger partial charge in [0.25, 0.3) is 0 Å². The van der Waals surface area contributed by atoms with Gasteiger partial charge in [0.1, 0.15) is 6.07 Å². The van der Waals surface area contributed by atoms with Gasteiger partial charge in [0.05, 0.1) is 5.71 Å². The van der Waals surface area contributed by atoms with Gasteiger partial charge in [-0.05, 0) is 98.4 Å². The average molecular weight is 600 g/mol. The van der Waals surface area contributed by atoms with Crippen LogP contribution in [0.1, 0.15) is 79.8 Å². The summed E-state index contributed by atoms with van der Waals surface area (Å²) >= 11 is 0. The number of nitrogens with zero attached hydrogens (tertiary/aromatic N) is 3. The zero-order chi connectivity index (χ0) is 31.1. The Kier molecular flexibility index (Phi) is 10.3. The Morgan fingerprint density at radius 3 is 2.64 bits per heavy atom. The minimum atomic E-state index is -1.13. The summed E-state index contributed by atoms with van der Waals surface area (Å²) in [5, 5.41) is 12.1. The molecule has 5 rings (SSSR count). The predicted octanol–water partition coefficient (Wildman–Crippen LogP) is 7.39. The van der Waals surface area contributed by atoms with Crippen molar-refractivity contribution in [1.82, 2.24) is 0 Å². The molecule has 1 atom stereocenters. The number of carbonyl (C=O) groups excluding carboxylic acids is 1. The van der Waals surface area contributed by atoms with Crippen LogP contribution in [-0.2, 0) is 6.42 Å². The number of halogens is 2. The van der Waals surface area contributed by atoms with Crippen molar-refractivity contribution in [2.45, 2.75) is 64.7 Å². The minimum absolute atomic E-state index is 0.100. The van der Waals surface area contributed by atoms with Gasteiger partial charge in [-0.15, -0.1) is 0 Å². The lowest BCUT2D eigenvalue weighted by Crippen LogP contribution is -2.29. The molecule has 1 saturated carbocycles. The van der Waals surface area contributed by atoms with E-state index < -0.39 is 11.6 Å². The Labute approximate surface area is 257 Å². The van der Waals surface area contributed by atoms with E-state index in [4.69, 9.17) is 15.7 Å². The van der Waals surface area contributed by atoms with Crippen LogP contribution in [0, 0.1) is 40.7 Å². The first-order valence-corrected chi connectivity index (χ1v) is 15.6. The number of nitrogens with two attached hydrogens (primary N) is 1. The lowest BCUT2D eigenvalue weighted by Gasteiger charge is -2.28. The summed E-state index contributed by atoms with van der Waals surface area (Å²) in [5.41, 5.74) is 9.54. The number of aryl methyl sites for hydroxylation is 1. The number of rotatable bonds is 10. The van der Waals surface area contributed by atoms with Gasteiger partial charge in [-0.1, -0.05) is 25.8 Å². The van der Waals surface area contributed by atoms with Crippen LogP contribution < -0.4 is 15.8 Å². The molecule has 1 fully saturated rings. The number of ketones is 1. The van der Waals surface area contributed by atoms with Gasteiger partial charge in [0.2, 0.25) is 5.82 Å². The maximum Gasteiger partial charge on any atom is 0.201 e. The molecule has 2 aromatic rings. The summed E-state index contributed by atoms with van der Waals surface area (Å²) in [5.74, 6) is -0.960. The first-order chi connectivity index (χ1) is 21.4. The zero-order valence-corrected chi connectivity index (χ0v) is 25.1. The van der Waals surface area contributed by atoms with E-state index in [0.717, 1.165) is 55.5 Å². The monoisotopic (exact) mass is 599 g/mol. The van der Waals surface area contributed by atoms with Crippen LogP contribution in [0.4, 0.5) is 14.5 Å². The van der Waals surface area contributed by atoms with Crippen LogP contribution in [0.2, 0.25) is 0 Å². The number of nitrogens with one attached hydrogen (secondary N) is 1. The Morgan fingerprint density at radius 1 is 1.09 bits per heavy atom. The summed E-state index contributed by atoms with van der Waals surface area (Å²) in [4.78, 5) is 22.6. The van der Waals surface area contributed by atoms with E-state index in [1.165, 1.54) is 12.1 Å². The van der Waals surface area contributed by atoms with E-state index in [9.17, 15) is 9.18 Å². The molecule has 0 radical (unpaired) electrons. The SMILES string of the molecule is CCc1cc(NC2=N/C=C\CCC3C(c4ccc(OCC#N)c(F)c4F)=CN=C23)ccc1C(=O)CC1CCC(CCN)CC1. The Balaban J connectivity index is 1.30. The maximum atomic E-state index is 15.2. The summed E-state index contributed by atoms with van der Waals surface area (Å²) in [6.07, 6.45) is 13.4. The number of fused-ring (bicyclic) bond motifs is 1. The molecule has 3 N–H and O–H groups in total. The fourth-order valence-corrected chi connectivity index (χ4v) is 6.55. The fraction of sp³-hybridized carbons (Fsp3) is 0.429. The van der Waals surface area contributed by atoms with Gasteiger partial charge in [0, 0.05) is 41.6 Å². The first kappa shape index (κ1) is 31.3. The second kappa shape index (κ2) is 14.5. The molecule has 0 bridgehead atoms. The van der Waals surface area contributed by atoms with E-state index in [-0.39, 0.29) is 29.6 Å². The molecule has 1 unspecified atom stereocenters. The lowest BCUT2D eigenvalue weighted by molar-refractivity contribution is 0.0941. The number of hydrogen-bond donors (Lipinski definition) is 2. The highest BCUT2D eigenvalue weighted by Crippen LogP contribution is 2.38. The standard InChI is InChI=1S/C35H39F2N5O2/c1-2-24-20-25(10-11-26(24)30(43)19-23-8-6-22(7-9-23)14-15-38)42-35-34-28(5-3-4-17-40-35)29(21-41-34)27-12-13-31(44-18-16-39)33(37)32(27)36/h4,10-13,17,20-23,28H,2-3,5-9,14-15,18-19,38H2,1H3,(H,40,42)/b17-4-. The number of aliphatic imine (C=N–C) groups is 2. The van der Waals surface area contributed by atoms with E-state index in [1.807, 2.05) is 31.2 Å². The van der Waals surface area contributed by atoms with E-state index in [2.05, 4.69) is 15.3 Å². The quantitative estimate of drug-likeness (QED) is 0.277. The number of amidine groups is 1. The average Bonchev–Trinajstić information content (AvgIpc) is 3.43. The highest BCUT2D eigenvalue weighted by atomic mass is 19.2. The lowest BCUT2D eigenvalue weighted by atomic mass is 9.78. The number of hydrogen-bond acceptors (Lipinski definition) is 7. The van der Waals surface area contributed by atoms with Gasteiger partial charge in [0.15, 0.2) is 29.8 Å². The molecule has 0 spiro atoms. The Hall–Kier alpha value is -4.16. The Morgan fingerprint density at radius 2 is 1.89 bits per heavy atom. The molecule has 2 aromatic carbocycles. The van der Waals surface area contributed by atoms with Gasteiger partial charge in [-0.25, -0.2) is 9.38 Å². The van der Waals surface area contributed by atoms with Crippen LogP contribution >= 0.6 is 0 Å². The number of benzene rings is 2. The van der Waals surface area contributed by atoms with Crippen LogP contribution in [-0.4, -0.2) is 30.5 Å². The first-order valence-electron chi connectivity index (χ1n) is 15.6. The summed E-state index contributed by atoms with van der Waals surface area (Å²) in [6, 6.07) is 10.3. The molecule has 0 saturated heterocycles. The molecular weight excluding hydrogens is 560 g/mol. The van der Waals surface area contributed by atoms with Gasteiger partial charge in [-0.2, -0.15) is 9.65 Å². The van der Waals surface area contributed by atoms with Gasteiger partial charge < -0.3 is 15.8 Å². The molecular formula is C35H39F2N5O2. The number of allylic oxidation sites excluding steroid dienone is 2. The molecule has 0 amide bonds. The van der Waals surface area contributed by atoms with Crippen LogP contribution in [0.25, 0.3) is 5.57 Å². The number of ether oxygens (including phenoxy) is 1. The van der Waals surface area contributed by atoms with Crippen LogP contribution in [0.3, 0.4) is 0 Å². The largest absolute Gasteiger partial charge is 0.476 e. The molecule has 1 aliphatic carbocycles. The second-order valence-electron chi connectivity index (χ2n) is 11.7. The summed E-state index contributed by atoms with van der Waals surface area (Å²) < 4.78 is 35.0. The van der Waals surface area contributed by atoms with E-state index in [1.54, 1.807) is 18.5 Å². The van der Waals surface area contributed by atoms with Crippen molar-refractivity contribution in [1.29, 1.82) is 5.26 Å². The third-order valence-corrected chi connectivity index (χ3v) is 8.94. The highest BCUT2D eigenvalue weighted by Gasteiger charge is 2.32. The van der Waals surface area contributed by atoms with Gasteiger partial charge in [-0.3, -0.25) is 9.79 Å². The normalized spacial score (nSPS) is 22.0. The molecule has 9 heteroatoms. The van der Waals surface area contributed by atoms with Crippen molar-refractivity contribution < 1.29 is 18.3 Å². The van der Waals surface area contributed by atoms with E-state index >= 15 is 4.39 Å². The number of Topliss-reactive ketones (excluding diaryl/α,β-unsaturated/α-hetero) is 1. The van der Waals surface area contributed by atoms with Crippen LogP contribution in [0.5, 0.6) is 5.75 Å². The minimum Gasteiger partial charge on any atom is -0.476 e. The number of anilines is 1. The number of nitriles is 1. The highest BCUT2D eigenvalue weighted by molar-refractivity contribution is 6.48. The van der Waals surface area contributed by atoms with Crippen molar-refractivity contribution in [3.63, 3.8) is 0 Å². The van der Waals surface area contributed by atoms with Crippen molar-refractivity contribution >= 4 is 28.6 Å². The van der Waals surface area contributed by atoms with Crippen LogP contribution in [0.15, 0.2) is 58.8 Å².